The Balaban J connectivity index is 2.46. The van der Waals surface area contributed by atoms with Gasteiger partial charge in [-0.1, -0.05) is 12.1 Å². The van der Waals surface area contributed by atoms with Gasteiger partial charge in [0, 0.05) is 12.3 Å². The van der Waals surface area contributed by atoms with E-state index in [1.165, 1.54) is 0 Å². The van der Waals surface area contributed by atoms with E-state index in [0.717, 1.165) is 23.7 Å². The molecule has 0 bridgehead atoms. The van der Waals surface area contributed by atoms with Crippen molar-refractivity contribution in [3.05, 3.63) is 29.8 Å². The van der Waals surface area contributed by atoms with Gasteiger partial charge in [0.25, 0.3) is 0 Å². The molecule has 0 aliphatic carbocycles. The van der Waals surface area contributed by atoms with Crippen LogP contribution in [-0.4, -0.2) is 18.6 Å². The molecule has 0 saturated carbocycles. The van der Waals surface area contributed by atoms with Crippen LogP contribution in [0.2, 0.25) is 0 Å². The van der Waals surface area contributed by atoms with Gasteiger partial charge >= 0.3 is 0 Å². The highest BCUT2D eigenvalue weighted by Crippen LogP contribution is 2.12. The summed E-state index contributed by atoms with van der Waals surface area (Å²) < 4.78 is 5.51. The predicted octanol–water partition coefficient (Wildman–Crippen LogP) is 1.89. The van der Waals surface area contributed by atoms with Gasteiger partial charge in [-0.05, 0) is 24.0 Å². The van der Waals surface area contributed by atoms with E-state index in [1.807, 2.05) is 24.3 Å². The van der Waals surface area contributed by atoms with Crippen LogP contribution in [-0.2, 0) is 6.54 Å². The van der Waals surface area contributed by atoms with Gasteiger partial charge in [-0.15, -0.1) is 0 Å². The van der Waals surface area contributed by atoms with Gasteiger partial charge in [0.15, 0.2) is 0 Å². The molecular formula is C10H15NOS. The SMILES string of the molecule is CSCCOc1cccc(CN)c1. The van der Waals surface area contributed by atoms with Crippen molar-refractivity contribution in [2.75, 3.05) is 18.6 Å². The Morgan fingerprint density at radius 1 is 1.46 bits per heavy atom. The summed E-state index contributed by atoms with van der Waals surface area (Å²) >= 11 is 1.78. The maximum absolute atomic E-state index is 5.51. The van der Waals surface area contributed by atoms with Crippen LogP contribution in [0.3, 0.4) is 0 Å². The number of hydrogen-bond acceptors (Lipinski definition) is 3. The second-order valence-corrected chi connectivity index (χ2v) is 3.68. The lowest BCUT2D eigenvalue weighted by Gasteiger charge is -2.05. The van der Waals surface area contributed by atoms with Crippen molar-refractivity contribution in [1.82, 2.24) is 0 Å². The topological polar surface area (TPSA) is 35.2 Å². The average molecular weight is 197 g/mol. The molecule has 1 aromatic rings. The first-order chi connectivity index (χ1) is 6.36. The zero-order valence-corrected chi connectivity index (χ0v) is 8.64. The summed E-state index contributed by atoms with van der Waals surface area (Å²) in [5.74, 6) is 1.93. The monoisotopic (exact) mass is 197 g/mol. The molecule has 1 rings (SSSR count). The molecule has 3 heteroatoms. The minimum absolute atomic E-state index is 0.569. The molecule has 1 aromatic carbocycles. The molecule has 72 valence electrons. The quantitative estimate of drug-likeness (QED) is 0.732. The number of thioether (sulfide) groups is 1. The second kappa shape index (κ2) is 5.89. The van der Waals surface area contributed by atoms with Crippen LogP contribution in [0.15, 0.2) is 24.3 Å². The third-order valence-electron chi connectivity index (χ3n) is 1.69. The summed E-state index contributed by atoms with van der Waals surface area (Å²) in [6, 6.07) is 7.91. The smallest absolute Gasteiger partial charge is 0.119 e. The molecular weight excluding hydrogens is 182 g/mol. The number of rotatable bonds is 5. The van der Waals surface area contributed by atoms with Crippen LogP contribution in [0.1, 0.15) is 5.56 Å². The molecule has 0 spiro atoms. The van der Waals surface area contributed by atoms with Gasteiger partial charge in [-0.25, -0.2) is 0 Å². The molecule has 2 nitrogen and oxygen atoms in total. The summed E-state index contributed by atoms with van der Waals surface area (Å²) in [6.07, 6.45) is 2.07. The number of nitrogens with two attached hydrogens (primary N) is 1. The standard InChI is InChI=1S/C10H15NOS/c1-13-6-5-12-10-4-2-3-9(7-10)8-11/h2-4,7H,5-6,8,11H2,1H3. The zero-order chi connectivity index (χ0) is 9.52. The Morgan fingerprint density at radius 2 is 2.31 bits per heavy atom. The van der Waals surface area contributed by atoms with Gasteiger partial charge in [0.1, 0.15) is 5.75 Å². The second-order valence-electron chi connectivity index (χ2n) is 2.69. The molecule has 0 unspecified atom stereocenters. The Morgan fingerprint density at radius 3 is 3.00 bits per heavy atom. The summed E-state index contributed by atoms with van der Waals surface area (Å²) in [5.41, 5.74) is 6.63. The molecule has 0 atom stereocenters. The van der Waals surface area contributed by atoms with E-state index < -0.39 is 0 Å². The molecule has 13 heavy (non-hydrogen) atoms. The highest BCUT2D eigenvalue weighted by atomic mass is 32.2. The lowest BCUT2D eigenvalue weighted by molar-refractivity contribution is 0.343. The van der Waals surface area contributed by atoms with Crippen molar-refractivity contribution < 1.29 is 4.74 Å². The van der Waals surface area contributed by atoms with Crippen molar-refractivity contribution >= 4 is 11.8 Å². The fourth-order valence-corrected chi connectivity index (χ4v) is 1.26. The minimum Gasteiger partial charge on any atom is -0.493 e. The zero-order valence-electron chi connectivity index (χ0n) is 7.82. The molecule has 0 aliphatic rings. The maximum atomic E-state index is 5.51. The first kappa shape index (κ1) is 10.4. The summed E-state index contributed by atoms with van der Waals surface area (Å²) in [5, 5.41) is 0. The lowest BCUT2D eigenvalue weighted by Crippen LogP contribution is -2.01. The van der Waals surface area contributed by atoms with Crippen molar-refractivity contribution in [2.24, 2.45) is 5.73 Å². The Hall–Kier alpha value is -0.670. The molecule has 0 saturated heterocycles. The van der Waals surface area contributed by atoms with Gasteiger partial charge in [0.2, 0.25) is 0 Å². The van der Waals surface area contributed by atoms with E-state index in [-0.39, 0.29) is 0 Å². The van der Waals surface area contributed by atoms with Crippen molar-refractivity contribution in [3.63, 3.8) is 0 Å². The van der Waals surface area contributed by atoms with Crippen molar-refractivity contribution in [2.45, 2.75) is 6.54 Å². The fraction of sp³-hybridized carbons (Fsp3) is 0.400. The first-order valence-electron chi connectivity index (χ1n) is 4.27. The van der Waals surface area contributed by atoms with Crippen molar-refractivity contribution in [3.8, 4) is 5.75 Å². The van der Waals surface area contributed by atoms with Crippen LogP contribution in [0.25, 0.3) is 0 Å². The van der Waals surface area contributed by atoms with Gasteiger partial charge in [0.05, 0.1) is 6.61 Å². The first-order valence-corrected chi connectivity index (χ1v) is 5.67. The molecule has 0 fully saturated rings. The van der Waals surface area contributed by atoms with E-state index in [0.29, 0.717) is 6.54 Å². The maximum Gasteiger partial charge on any atom is 0.119 e. The average Bonchev–Trinajstić information content (AvgIpc) is 2.19. The molecule has 0 aromatic heterocycles. The predicted molar refractivity (Wildman–Crippen MR) is 58.2 cm³/mol. The Bertz CT molecular complexity index is 252. The highest BCUT2D eigenvalue weighted by Gasteiger charge is 1.94. The van der Waals surface area contributed by atoms with Gasteiger partial charge in [-0.3, -0.25) is 0 Å². The van der Waals surface area contributed by atoms with E-state index in [4.69, 9.17) is 10.5 Å². The number of hydrogen-bond donors (Lipinski definition) is 1. The van der Waals surface area contributed by atoms with Crippen LogP contribution in [0.5, 0.6) is 5.75 Å². The Labute approximate surface area is 83.5 Å². The number of ether oxygens (including phenoxy) is 1. The third-order valence-corrected chi connectivity index (χ3v) is 2.27. The lowest BCUT2D eigenvalue weighted by atomic mass is 10.2. The molecule has 0 aliphatic heterocycles. The van der Waals surface area contributed by atoms with Gasteiger partial charge < -0.3 is 10.5 Å². The third kappa shape index (κ3) is 3.70. The molecule has 2 N–H and O–H groups in total. The molecule has 0 heterocycles. The largest absolute Gasteiger partial charge is 0.493 e. The van der Waals surface area contributed by atoms with Crippen LogP contribution in [0, 0.1) is 0 Å². The van der Waals surface area contributed by atoms with E-state index in [9.17, 15) is 0 Å². The molecule has 0 amide bonds. The van der Waals surface area contributed by atoms with Crippen molar-refractivity contribution in [1.29, 1.82) is 0 Å². The van der Waals surface area contributed by atoms with Crippen LogP contribution >= 0.6 is 11.8 Å². The highest BCUT2D eigenvalue weighted by molar-refractivity contribution is 7.98. The fourth-order valence-electron chi connectivity index (χ4n) is 1.01. The number of benzene rings is 1. The Kier molecular flexibility index (Phi) is 4.72. The van der Waals surface area contributed by atoms with Crippen LogP contribution in [0.4, 0.5) is 0 Å². The summed E-state index contributed by atoms with van der Waals surface area (Å²) in [6.45, 7) is 1.33. The minimum atomic E-state index is 0.569. The normalized spacial score (nSPS) is 10.0. The van der Waals surface area contributed by atoms with E-state index in [2.05, 4.69) is 6.26 Å². The van der Waals surface area contributed by atoms with E-state index >= 15 is 0 Å². The summed E-state index contributed by atoms with van der Waals surface area (Å²) in [4.78, 5) is 0. The van der Waals surface area contributed by atoms with Gasteiger partial charge in [-0.2, -0.15) is 11.8 Å². The molecule has 0 radical (unpaired) electrons. The van der Waals surface area contributed by atoms with E-state index in [1.54, 1.807) is 11.8 Å². The summed E-state index contributed by atoms with van der Waals surface area (Å²) in [7, 11) is 0. The van der Waals surface area contributed by atoms with Crippen LogP contribution < -0.4 is 10.5 Å².